The second-order valence-electron chi connectivity index (χ2n) is 3.94. The smallest absolute Gasteiger partial charge is 0.332 e. The van der Waals surface area contributed by atoms with Crippen molar-refractivity contribution in [2.24, 2.45) is 0 Å². The van der Waals surface area contributed by atoms with Gasteiger partial charge in [-0.05, 0) is 31.2 Å². The van der Waals surface area contributed by atoms with Gasteiger partial charge in [0.1, 0.15) is 5.75 Å². The van der Waals surface area contributed by atoms with Gasteiger partial charge in [-0.3, -0.25) is 4.79 Å². The summed E-state index contributed by atoms with van der Waals surface area (Å²) in [7, 11) is 0. The van der Waals surface area contributed by atoms with Crippen molar-refractivity contribution in [3.63, 3.8) is 0 Å². The summed E-state index contributed by atoms with van der Waals surface area (Å²) in [5.41, 5.74) is 0. The summed E-state index contributed by atoms with van der Waals surface area (Å²) in [4.78, 5) is 21.9. The van der Waals surface area contributed by atoms with E-state index >= 15 is 0 Å². The highest BCUT2D eigenvalue weighted by Crippen LogP contribution is 2.15. The summed E-state index contributed by atoms with van der Waals surface area (Å²) in [6.07, 6.45) is -0.891. The fraction of sp³-hybridized carbons (Fsp3) is 0.385. The van der Waals surface area contributed by atoms with Crippen molar-refractivity contribution in [2.75, 3.05) is 19.8 Å². The van der Waals surface area contributed by atoms with Crippen LogP contribution in [0.25, 0.3) is 0 Å². The first-order chi connectivity index (χ1) is 9.49. The molecule has 1 amide bonds. The lowest BCUT2D eigenvalue weighted by Gasteiger charge is -2.10. The van der Waals surface area contributed by atoms with Gasteiger partial charge in [0.2, 0.25) is 0 Å². The maximum atomic E-state index is 11.4. The number of amides is 1. The molecule has 0 aliphatic carbocycles. The number of benzene rings is 1. The standard InChI is InChI=1S/C13H16ClNO5/c1-9(13(17)18)19-7-6-15-12(16)8-20-11-4-2-10(14)3-5-11/h2-5,9H,6-8H2,1H3,(H,15,16)(H,17,18). The Hall–Kier alpha value is -1.79. The predicted molar refractivity (Wildman–Crippen MR) is 73.0 cm³/mol. The second-order valence-corrected chi connectivity index (χ2v) is 4.38. The summed E-state index contributed by atoms with van der Waals surface area (Å²) >= 11 is 5.72. The van der Waals surface area contributed by atoms with Crippen LogP contribution in [0.15, 0.2) is 24.3 Å². The van der Waals surface area contributed by atoms with E-state index in [4.69, 9.17) is 26.2 Å². The van der Waals surface area contributed by atoms with E-state index in [0.717, 1.165) is 0 Å². The van der Waals surface area contributed by atoms with Crippen LogP contribution in [0.3, 0.4) is 0 Å². The zero-order chi connectivity index (χ0) is 15.0. The second kappa shape index (κ2) is 8.39. The maximum absolute atomic E-state index is 11.4. The Balaban J connectivity index is 2.14. The van der Waals surface area contributed by atoms with Gasteiger partial charge in [0.25, 0.3) is 5.91 Å². The molecular weight excluding hydrogens is 286 g/mol. The Morgan fingerprint density at radius 1 is 1.35 bits per heavy atom. The molecule has 0 radical (unpaired) electrons. The molecule has 1 aromatic carbocycles. The molecule has 2 N–H and O–H groups in total. The third kappa shape index (κ3) is 6.40. The van der Waals surface area contributed by atoms with Gasteiger partial charge in [0.15, 0.2) is 12.7 Å². The fourth-order valence-electron chi connectivity index (χ4n) is 1.23. The fourth-order valence-corrected chi connectivity index (χ4v) is 1.35. The third-order valence-electron chi connectivity index (χ3n) is 2.32. The van der Waals surface area contributed by atoms with E-state index in [1.165, 1.54) is 6.92 Å². The highest BCUT2D eigenvalue weighted by Gasteiger charge is 2.10. The Kier molecular flexibility index (Phi) is 6.83. The molecule has 1 aromatic rings. The Labute approximate surface area is 121 Å². The van der Waals surface area contributed by atoms with Crippen molar-refractivity contribution < 1.29 is 24.2 Å². The molecule has 7 heteroatoms. The van der Waals surface area contributed by atoms with E-state index in [0.29, 0.717) is 10.8 Å². The first-order valence-corrected chi connectivity index (χ1v) is 6.36. The number of carboxylic acid groups (broad SMARTS) is 1. The maximum Gasteiger partial charge on any atom is 0.332 e. The number of halogens is 1. The van der Waals surface area contributed by atoms with Gasteiger partial charge < -0.3 is 19.9 Å². The largest absolute Gasteiger partial charge is 0.484 e. The van der Waals surface area contributed by atoms with E-state index in [1.54, 1.807) is 24.3 Å². The van der Waals surface area contributed by atoms with Gasteiger partial charge in [0.05, 0.1) is 6.61 Å². The molecule has 1 atom stereocenters. The molecule has 0 aliphatic heterocycles. The topological polar surface area (TPSA) is 84.9 Å². The minimum absolute atomic E-state index is 0.125. The Morgan fingerprint density at radius 2 is 2.00 bits per heavy atom. The van der Waals surface area contributed by atoms with Crippen molar-refractivity contribution in [2.45, 2.75) is 13.0 Å². The van der Waals surface area contributed by atoms with Crippen LogP contribution in [0.1, 0.15) is 6.92 Å². The normalized spacial score (nSPS) is 11.7. The number of aliphatic carboxylic acids is 1. The molecule has 0 spiro atoms. The molecule has 0 saturated carbocycles. The Morgan fingerprint density at radius 3 is 2.60 bits per heavy atom. The van der Waals surface area contributed by atoms with Gasteiger partial charge in [-0.1, -0.05) is 11.6 Å². The minimum Gasteiger partial charge on any atom is -0.484 e. The predicted octanol–water partition coefficient (Wildman–Crippen LogP) is 1.32. The number of hydrogen-bond donors (Lipinski definition) is 2. The van der Waals surface area contributed by atoms with Gasteiger partial charge in [0, 0.05) is 11.6 Å². The SMILES string of the molecule is CC(OCCNC(=O)COc1ccc(Cl)cc1)C(=O)O. The quantitative estimate of drug-likeness (QED) is 0.708. The van der Waals surface area contributed by atoms with E-state index in [-0.39, 0.29) is 25.7 Å². The molecule has 1 rings (SSSR count). The van der Waals surface area contributed by atoms with Crippen LogP contribution in [0.2, 0.25) is 5.02 Å². The first-order valence-electron chi connectivity index (χ1n) is 5.98. The number of carbonyl (C=O) groups is 2. The van der Waals surface area contributed by atoms with Crippen molar-refractivity contribution in [3.8, 4) is 5.75 Å². The molecule has 0 bridgehead atoms. The summed E-state index contributed by atoms with van der Waals surface area (Å²) in [5.74, 6) is -0.811. The molecule has 0 aliphatic rings. The van der Waals surface area contributed by atoms with E-state index in [9.17, 15) is 9.59 Å². The van der Waals surface area contributed by atoms with Crippen LogP contribution in [-0.2, 0) is 14.3 Å². The van der Waals surface area contributed by atoms with Crippen LogP contribution in [-0.4, -0.2) is 42.8 Å². The van der Waals surface area contributed by atoms with Crippen molar-refractivity contribution in [1.29, 1.82) is 0 Å². The van der Waals surface area contributed by atoms with E-state index < -0.39 is 12.1 Å². The minimum atomic E-state index is -1.04. The number of ether oxygens (including phenoxy) is 2. The number of hydrogen-bond acceptors (Lipinski definition) is 4. The molecule has 110 valence electrons. The third-order valence-corrected chi connectivity index (χ3v) is 2.58. The lowest BCUT2D eigenvalue weighted by molar-refractivity contribution is -0.149. The van der Waals surface area contributed by atoms with Crippen LogP contribution in [0.5, 0.6) is 5.75 Å². The van der Waals surface area contributed by atoms with Crippen molar-refractivity contribution in [1.82, 2.24) is 5.32 Å². The van der Waals surface area contributed by atoms with Crippen LogP contribution in [0.4, 0.5) is 0 Å². The monoisotopic (exact) mass is 301 g/mol. The number of nitrogens with one attached hydrogen (secondary N) is 1. The molecule has 20 heavy (non-hydrogen) atoms. The van der Waals surface area contributed by atoms with Crippen molar-refractivity contribution >= 4 is 23.5 Å². The van der Waals surface area contributed by atoms with Crippen molar-refractivity contribution in [3.05, 3.63) is 29.3 Å². The Bertz CT molecular complexity index is 449. The van der Waals surface area contributed by atoms with Gasteiger partial charge in [-0.25, -0.2) is 4.79 Å². The zero-order valence-corrected chi connectivity index (χ0v) is 11.7. The molecule has 0 saturated heterocycles. The summed E-state index contributed by atoms with van der Waals surface area (Å²) in [6.45, 7) is 1.64. The van der Waals surface area contributed by atoms with Crippen LogP contribution in [0, 0.1) is 0 Å². The molecule has 0 aromatic heterocycles. The molecule has 0 heterocycles. The summed E-state index contributed by atoms with van der Waals surface area (Å²) < 4.78 is 10.2. The average Bonchev–Trinajstić information content (AvgIpc) is 2.42. The molecule has 6 nitrogen and oxygen atoms in total. The highest BCUT2D eigenvalue weighted by molar-refractivity contribution is 6.30. The van der Waals surface area contributed by atoms with Gasteiger partial charge >= 0.3 is 5.97 Å². The van der Waals surface area contributed by atoms with Gasteiger partial charge in [-0.15, -0.1) is 0 Å². The number of rotatable bonds is 8. The van der Waals surface area contributed by atoms with E-state index in [2.05, 4.69) is 5.32 Å². The lowest BCUT2D eigenvalue weighted by atomic mass is 10.3. The van der Waals surface area contributed by atoms with Crippen LogP contribution < -0.4 is 10.1 Å². The van der Waals surface area contributed by atoms with E-state index in [1.807, 2.05) is 0 Å². The first kappa shape index (κ1) is 16.3. The van der Waals surface area contributed by atoms with Gasteiger partial charge in [-0.2, -0.15) is 0 Å². The lowest BCUT2D eigenvalue weighted by Crippen LogP contribution is -2.33. The zero-order valence-electron chi connectivity index (χ0n) is 11.0. The summed E-state index contributed by atoms with van der Waals surface area (Å²) in [6, 6.07) is 6.65. The van der Waals surface area contributed by atoms with Crippen LogP contribution >= 0.6 is 11.6 Å². The summed E-state index contributed by atoms with van der Waals surface area (Å²) in [5, 5.41) is 11.7. The highest BCUT2D eigenvalue weighted by atomic mass is 35.5. The molecular formula is C13H16ClNO5. The molecule has 0 fully saturated rings. The molecule has 1 unspecified atom stereocenters. The number of carboxylic acids is 1. The average molecular weight is 302 g/mol. The number of carbonyl (C=O) groups excluding carboxylic acids is 1.